The van der Waals surface area contributed by atoms with Crippen molar-refractivity contribution in [1.29, 1.82) is 0 Å². The van der Waals surface area contributed by atoms with Crippen molar-refractivity contribution in [2.75, 3.05) is 26.1 Å². The van der Waals surface area contributed by atoms with E-state index in [2.05, 4.69) is 34.3 Å². The number of fused-ring (bicyclic) bond motifs is 1. The number of urea groups is 1. The summed E-state index contributed by atoms with van der Waals surface area (Å²) in [6, 6.07) is 19.6. The number of nitrogens with zero attached hydrogens (tertiary/aromatic N) is 2. The standard InChI is InChI=1S/C23H25N3O3/c1-28-19-14-18(15-20(16-19)29-2)24-23(27)26-12-11-25-10-6-9-21(25)22(26)13-17-7-4-3-5-8-17/h3-10,14-16,22H,11-13H2,1-2H3,(H,24,27)/t22-/m0/s1. The third kappa shape index (κ3) is 4.06. The molecule has 1 aliphatic heterocycles. The summed E-state index contributed by atoms with van der Waals surface area (Å²) in [7, 11) is 3.18. The van der Waals surface area contributed by atoms with E-state index in [0.29, 0.717) is 23.7 Å². The monoisotopic (exact) mass is 391 g/mol. The van der Waals surface area contributed by atoms with Gasteiger partial charge < -0.3 is 24.3 Å². The van der Waals surface area contributed by atoms with Gasteiger partial charge in [0.05, 0.1) is 20.3 Å². The van der Waals surface area contributed by atoms with Crippen molar-refractivity contribution >= 4 is 11.7 Å². The van der Waals surface area contributed by atoms with E-state index in [9.17, 15) is 4.79 Å². The maximum Gasteiger partial charge on any atom is 0.322 e. The van der Waals surface area contributed by atoms with E-state index in [-0.39, 0.29) is 12.1 Å². The van der Waals surface area contributed by atoms with Crippen molar-refractivity contribution in [3.63, 3.8) is 0 Å². The molecule has 29 heavy (non-hydrogen) atoms. The quantitative estimate of drug-likeness (QED) is 0.704. The molecule has 0 radical (unpaired) electrons. The molecule has 150 valence electrons. The van der Waals surface area contributed by atoms with E-state index in [1.54, 1.807) is 32.4 Å². The lowest BCUT2D eigenvalue weighted by atomic mass is 10.0. The van der Waals surface area contributed by atoms with Crippen LogP contribution in [0.25, 0.3) is 0 Å². The Hall–Kier alpha value is -3.41. The van der Waals surface area contributed by atoms with Gasteiger partial charge in [-0.15, -0.1) is 0 Å². The third-order valence-electron chi connectivity index (χ3n) is 5.30. The van der Waals surface area contributed by atoms with Gasteiger partial charge in [0.1, 0.15) is 11.5 Å². The molecule has 0 fully saturated rings. The average molecular weight is 391 g/mol. The number of anilines is 1. The maximum absolute atomic E-state index is 13.2. The van der Waals surface area contributed by atoms with E-state index in [1.807, 2.05) is 29.2 Å². The van der Waals surface area contributed by atoms with Crippen molar-refractivity contribution in [3.05, 3.63) is 78.1 Å². The molecule has 6 heteroatoms. The van der Waals surface area contributed by atoms with Crippen LogP contribution in [-0.4, -0.2) is 36.3 Å². The molecule has 0 saturated heterocycles. The summed E-state index contributed by atoms with van der Waals surface area (Å²) < 4.78 is 12.9. The van der Waals surface area contributed by atoms with Gasteiger partial charge in [-0.2, -0.15) is 0 Å². The molecular formula is C23H25N3O3. The van der Waals surface area contributed by atoms with Crippen LogP contribution in [0.4, 0.5) is 10.5 Å². The number of carbonyl (C=O) groups is 1. The van der Waals surface area contributed by atoms with Crippen LogP contribution in [0.15, 0.2) is 66.9 Å². The van der Waals surface area contributed by atoms with Crippen LogP contribution in [0.1, 0.15) is 17.3 Å². The number of hydrogen-bond acceptors (Lipinski definition) is 3. The Morgan fingerprint density at radius 2 is 1.72 bits per heavy atom. The van der Waals surface area contributed by atoms with Crippen LogP contribution in [0.2, 0.25) is 0 Å². The molecule has 2 amide bonds. The fraction of sp³-hybridized carbons (Fsp3) is 0.261. The molecule has 6 nitrogen and oxygen atoms in total. The summed E-state index contributed by atoms with van der Waals surface area (Å²) in [5, 5.41) is 3.02. The second-order valence-corrected chi connectivity index (χ2v) is 7.06. The van der Waals surface area contributed by atoms with Gasteiger partial charge in [-0.1, -0.05) is 30.3 Å². The summed E-state index contributed by atoms with van der Waals surface area (Å²) in [5.41, 5.74) is 3.00. The molecule has 0 bridgehead atoms. The highest BCUT2D eigenvalue weighted by Gasteiger charge is 2.31. The molecule has 0 saturated carbocycles. The highest BCUT2D eigenvalue weighted by atomic mass is 16.5. The van der Waals surface area contributed by atoms with Crippen LogP contribution in [0, 0.1) is 0 Å². The SMILES string of the molecule is COc1cc(NC(=O)N2CCn3cccc3[C@@H]2Cc2ccccc2)cc(OC)c1. The Labute approximate surface area is 170 Å². The number of carbonyl (C=O) groups excluding carboxylic acids is 1. The van der Waals surface area contributed by atoms with Crippen LogP contribution in [0.3, 0.4) is 0 Å². The van der Waals surface area contributed by atoms with E-state index in [0.717, 1.165) is 18.7 Å². The van der Waals surface area contributed by atoms with Crippen molar-refractivity contribution in [2.45, 2.75) is 19.0 Å². The Balaban J connectivity index is 1.59. The first-order valence-corrected chi connectivity index (χ1v) is 9.67. The number of rotatable bonds is 5. The number of amides is 2. The van der Waals surface area contributed by atoms with Crippen LogP contribution in [-0.2, 0) is 13.0 Å². The minimum Gasteiger partial charge on any atom is -0.497 e. The van der Waals surface area contributed by atoms with Gasteiger partial charge in [0, 0.05) is 48.9 Å². The van der Waals surface area contributed by atoms with Gasteiger partial charge in [-0.05, 0) is 24.1 Å². The van der Waals surface area contributed by atoms with Crippen molar-refractivity contribution in [3.8, 4) is 11.5 Å². The minimum atomic E-state index is -0.131. The molecule has 1 N–H and O–H groups in total. The lowest BCUT2D eigenvalue weighted by molar-refractivity contribution is 0.167. The van der Waals surface area contributed by atoms with Crippen LogP contribution < -0.4 is 14.8 Å². The number of nitrogens with one attached hydrogen (secondary N) is 1. The van der Waals surface area contributed by atoms with Crippen LogP contribution in [0.5, 0.6) is 11.5 Å². The topological polar surface area (TPSA) is 55.7 Å². The minimum absolute atomic E-state index is 0.0337. The zero-order valence-corrected chi connectivity index (χ0v) is 16.7. The van der Waals surface area contributed by atoms with Crippen LogP contribution >= 0.6 is 0 Å². The normalized spacial score (nSPS) is 15.5. The van der Waals surface area contributed by atoms with Crippen molar-refractivity contribution < 1.29 is 14.3 Å². The third-order valence-corrected chi connectivity index (χ3v) is 5.30. The van der Waals surface area contributed by atoms with Gasteiger partial charge in [-0.25, -0.2) is 4.79 Å². The molecule has 3 aromatic rings. The van der Waals surface area contributed by atoms with E-state index in [1.165, 1.54) is 5.56 Å². The lowest BCUT2D eigenvalue weighted by Gasteiger charge is -2.37. The summed E-state index contributed by atoms with van der Waals surface area (Å²) >= 11 is 0. The molecule has 0 aliphatic carbocycles. The summed E-state index contributed by atoms with van der Waals surface area (Å²) in [6.07, 6.45) is 2.84. The first-order chi connectivity index (χ1) is 14.2. The molecular weight excluding hydrogens is 366 g/mol. The van der Waals surface area contributed by atoms with Gasteiger partial charge in [-0.3, -0.25) is 0 Å². The number of aromatic nitrogens is 1. The fourth-order valence-corrected chi connectivity index (χ4v) is 3.83. The van der Waals surface area contributed by atoms with Gasteiger partial charge in [0.25, 0.3) is 0 Å². The molecule has 1 aromatic heterocycles. The molecule has 4 rings (SSSR count). The number of methoxy groups -OCH3 is 2. The average Bonchev–Trinajstić information content (AvgIpc) is 3.23. The number of hydrogen-bond donors (Lipinski definition) is 1. The summed E-state index contributed by atoms with van der Waals surface area (Å²) in [4.78, 5) is 15.1. The maximum atomic E-state index is 13.2. The first kappa shape index (κ1) is 18.9. The van der Waals surface area contributed by atoms with Gasteiger partial charge in [0.15, 0.2) is 0 Å². The van der Waals surface area contributed by atoms with Crippen molar-refractivity contribution in [2.24, 2.45) is 0 Å². The highest BCUT2D eigenvalue weighted by Crippen LogP contribution is 2.31. The van der Waals surface area contributed by atoms with E-state index in [4.69, 9.17) is 9.47 Å². The van der Waals surface area contributed by atoms with Gasteiger partial charge in [0.2, 0.25) is 0 Å². The Morgan fingerprint density at radius 1 is 1.00 bits per heavy atom. The Bertz CT molecular complexity index is 962. The molecule has 2 aromatic carbocycles. The van der Waals surface area contributed by atoms with E-state index >= 15 is 0 Å². The second kappa shape index (κ2) is 8.31. The first-order valence-electron chi connectivity index (χ1n) is 9.67. The van der Waals surface area contributed by atoms with E-state index < -0.39 is 0 Å². The smallest absolute Gasteiger partial charge is 0.322 e. The predicted octanol–water partition coefficient (Wildman–Crippen LogP) is 4.34. The Morgan fingerprint density at radius 3 is 2.41 bits per heavy atom. The number of ether oxygens (including phenoxy) is 2. The lowest BCUT2D eigenvalue weighted by Crippen LogP contribution is -2.44. The summed E-state index contributed by atoms with van der Waals surface area (Å²) in [5.74, 6) is 1.26. The second-order valence-electron chi connectivity index (χ2n) is 7.06. The molecule has 2 heterocycles. The predicted molar refractivity (Wildman–Crippen MR) is 113 cm³/mol. The molecule has 1 aliphatic rings. The van der Waals surface area contributed by atoms with Gasteiger partial charge >= 0.3 is 6.03 Å². The molecule has 0 unspecified atom stereocenters. The molecule has 1 atom stereocenters. The summed E-state index contributed by atoms with van der Waals surface area (Å²) in [6.45, 7) is 1.43. The fourth-order valence-electron chi connectivity index (χ4n) is 3.83. The largest absolute Gasteiger partial charge is 0.497 e. The zero-order valence-electron chi connectivity index (χ0n) is 16.7. The molecule has 0 spiro atoms. The number of benzene rings is 2. The Kier molecular flexibility index (Phi) is 5.42. The zero-order chi connectivity index (χ0) is 20.2. The van der Waals surface area contributed by atoms with Crippen molar-refractivity contribution in [1.82, 2.24) is 9.47 Å². The highest BCUT2D eigenvalue weighted by molar-refractivity contribution is 5.90.